The molecule has 1 aromatic heterocycles. The summed E-state index contributed by atoms with van der Waals surface area (Å²) in [5.41, 5.74) is 5.73. The maximum absolute atomic E-state index is 13.3. The lowest BCUT2D eigenvalue weighted by atomic mass is 10.2. The Labute approximate surface area is 80.4 Å². The molecule has 0 amide bonds. The first kappa shape index (κ1) is 8.90. The highest BCUT2D eigenvalue weighted by Gasteiger charge is 2.08. The smallest absolute Gasteiger partial charge is 0.208 e. The number of hydrogen-bond acceptors (Lipinski definition) is 3. The molecule has 1 aromatic carbocycles. The molecule has 72 valence electrons. The number of benzene rings is 1. The lowest BCUT2D eigenvalue weighted by molar-refractivity contribution is 0.505. The fourth-order valence-electron chi connectivity index (χ4n) is 1.19. The molecule has 2 rings (SSSR count). The third kappa shape index (κ3) is 1.52. The van der Waals surface area contributed by atoms with Crippen molar-refractivity contribution in [3.05, 3.63) is 42.2 Å². The van der Waals surface area contributed by atoms with Gasteiger partial charge in [0.25, 0.3) is 0 Å². The van der Waals surface area contributed by atoms with E-state index in [1.807, 2.05) is 0 Å². The van der Waals surface area contributed by atoms with Crippen molar-refractivity contribution in [3.8, 4) is 11.3 Å². The summed E-state index contributed by atoms with van der Waals surface area (Å²) >= 11 is 0. The van der Waals surface area contributed by atoms with Gasteiger partial charge in [0.1, 0.15) is 5.82 Å². The van der Waals surface area contributed by atoms with E-state index in [9.17, 15) is 4.39 Å². The maximum atomic E-state index is 13.3. The minimum Gasteiger partial charge on any atom is -0.439 e. The van der Waals surface area contributed by atoms with Gasteiger partial charge in [-0.25, -0.2) is 9.37 Å². The van der Waals surface area contributed by atoms with Crippen LogP contribution in [0.5, 0.6) is 0 Å². The molecule has 0 saturated heterocycles. The molecule has 0 radical (unpaired) electrons. The number of hydrogen-bond donors (Lipinski definition) is 1. The van der Waals surface area contributed by atoms with Crippen LogP contribution in [0.4, 0.5) is 4.39 Å². The van der Waals surface area contributed by atoms with Crippen molar-refractivity contribution in [2.45, 2.75) is 6.54 Å². The van der Waals surface area contributed by atoms with Crippen LogP contribution in [0, 0.1) is 5.82 Å². The Morgan fingerprint density at radius 2 is 2.14 bits per heavy atom. The zero-order valence-electron chi connectivity index (χ0n) is 7.40. The Hall–Kier alpha value is -1.68. The van der Waals surface area contributed by atoms with Gasteiger partial charge >= 0.3 is 0 Å². The number of aromatic nitrogens is 1. The highest BCUT2D eigenvalue weighted by molar-refractivity contribution is 5.56. The molecule has 2 aromatic rings. The molecule has 0 unspecified atom stereocenters. The largest absolute Gasteiger partial charge is 0.439 e. The Balaban J connectivity index is 2.44. The fraction of sp³-hybridized carbons (Fsp3) is 0.100. The van der Waals surface area contributed by atoms with E-state index < -0.39 is 0 Å². The third-order valence-corrected chi connectivity index (χ3v) is 1.87. The van der Waals surface area contributed by atoms with E-state index in [1.165, 1.54) is 12.3 Å². The monoisotopic (exact) mass is 192 g/mol. The molecule has 14 heavy (non-hydrogen) atoms. The second kappa shape index (κ2) is 3.59. The Morgan fingerprint density at radius 1 is 1.36 bits per heavy atom. The summed E-state index contributed by atoms with van der Waals surface area (Å²) in [5, 5.41) is 0. The van der Waals surface area contributed by atoms with Crippen LogP contribution in [0.1, 0.15) is 5.89 Å². The van der Waals surface area contributed by atoms with Crippen molar-refractivity contribution >= 4 is 0 Å². The summed E-state index contributed by atoms with van der Waals surface area (Å²) in [4.78, 5) is 3.89. The van der Waals surface area contributed by atoms with Crippen LogP contribution in [-0.4, -0.2) is 4.98 Å². The van der Waals surface area contributed by atoms with Crippen molar-refractivity contribution < 1.29 is 8.81 Å². The highest BCUT2D eigenvalue weighted by atomic mass is 19.1. The standard InChI is InChI=1S/C10H9FN2O/c11-8-4-2-1-3-7(8)9-6-13-10(5-12)14-9/h1-4,6H,5,12H2. The first-order valence-electron chi connectivity index (χ1n) is 4.21. The summed E-state index contributed by atoms with van der Waals surface area (Å²) in [7, 11) is 0. The van der Waals surface area contributed by atoms with E-state index >= 15 is 0 Å². The quantitative estimate of drug-likeness (QED) is 0.791. The summed E-state index contributed by atoms with van der Waals surface area (Å²) in [5.74, 6) is 0.485. The molecule has 0 aliphatic heterocycles. The molecular weight excluding hydrogens is 183 g/mol. The summed E-state index contributed by atoms with van der Waals surface area (Å²) in [6, 6.07) is 6.37. The van der Waals surface area contributed by atoms with Crippen molar-refractivity contribution in [1.29, 1.82) is 0 Å². The predicted molar refractivity (Wildman–Crippen MR) is 49.8 cm³/mol. The molecule has 4 heteroatoms. The lowest BCUT2D eigenvalue weighted by Gasteiger charge is -1.96. The zero-order valence-corrected chi connectivity index (χ0v) is 7.40. The maximum Gasteiger partial charge on any atom is 0.208 e. The average Bonchev–Trinajstić information content (AvgIpc) is 2.67. The van der Waals surface area contributed by atoms with Gasteiger partial charge in [-0.1, -0.05) is 12.1 Å². The van der Waals surface area contributed by atoms with Crippen LogP contribution in [0.15, 0.2) is 34.9 Å². The highest BCUT2D eigenvalue weighted by Crippen LogP contribution is 2.22. The SMILES string of the molecule is NCc1ncc(-c2ccccc2F)o1. The van der Waals surface area contributed by atoms with Gasteiger partial charge in [-0.05, 0) is 12.1 Å². The fourth-order valence-corrected chi connectivity index (χ4v) is 1.19. The number of nitrogens with zero attached hydrogens (tertiary/aromatic N) is 1. The van der Waals surface area contributed by atoms with Gasteiger partial charge in [-0.3, -0.25) is 0 Å². The van der Waals surface area contributed by atoms with Gasteiger partial charge in [0, 0.05) is 0 Å². The summed E-state index contributed by atoms with van der Waals surface area (Å²) in [6.45, 7) is 0.217. The second-order valence-electron chi connectivity index (χ2n) is 2.80. The number of rotatable bonds is 2. The molecule has 0 atom stereocenters. The number of nitrogens with two attached hydrogens (primary N) is 1. The molecule has 0 bridgehead atoms. The predicted octanol–water partition coefficient (Wildman–Crippen LogP) is 1.94. The molecule has 1 heterocycles. The third-order valence-electron chi connectivity index (χ3n) is 1.87. The van der Waals surface area contributed by atoms with Crippen molar-refractivity contribution in [2.75, 3.05) is 0 Å². The lowest BCUT2D eigenvalue weighted by Crippen LogP contribution is -1.94. The Kier molecular flexibility index (Phi) is 2.28. The van der Waals surface area contributed by atoms with Crippen LogP contribution in [0.25, 0.3) is 11.3 Å². The first-order valence-corrected chi connectivity index (χ1v) is 4.21. The Bertz CT molecular complexity index is 439. The molecule has 2 N–H and O–H groups in total. The van der Waals surface area contributed by atoms with Crippen LogP contribution in [0.2, 0.25) is 0 Å². The molecular formula is C10H9FN2O. The molecule has 0 aliphatic carbocycles. The van der Waals surface area contributed by atoms with E-state index in [2.05, 4.69) is 4.98 Å². The first-order chi connectivity index (χ1) is 6.81. The van der Waals surface area contributed by atoms with Gasteiger partial charge in [0.2, 0.25) is 5.89 Å². The minimum absolute atomic E-state index is 0.217. The van der Waals surface area contributed by atoms with E-state index in [1.54, 1.807) is 18.2 Å². The summed E-state index contributed by atoms with van der Waals surface area (Å²) < 4.78 is 18.5. The van der Waals surface area contributed by atoms with E-state index in [-0.39, 0.29) is 12.4 Å². The molecule has 0 spiro atoms. The van der Waals surface area contributed by atoms with Gasteiger partial charge in [0.15, 0.2) is 5.76 Å². The number of oxazole rings is 1. The van der Waals surface area contributed by atoms with Crippen LogP contribution in [-0.2, 0) is 6.54 Å². The van der Waals surface area contributed by atoms with Gasteiger partial charge in [0.05, 0.1) is 18.3 Å². The zero-order chi connectivity index (χ0) is 9.97. The van der Waals surface area contributed by atoms with Gasteiger partial charge in [-0.2, -0.15) is 0 Å². The second-order valence-corrected chi connectivity index (χ2v) is 2.80. The van der Waals surface area contributed by atoms with Crippen molar-refractivity contribution in [1.82, 2.24) is 4.98 Å². The van der Waals surface area contributed by atoms with Crippen LogP contribution >= 0.6 is 0 Å². The van der Waals surface area contributed by atoms with Crippen LogP contribution < -0.4 is 5.73 Å². The Morgan fingerprint density at radius 3 is 2.79 bits per heavy atom. The molecule has 0 saturated carbocycles. The van der Waals surface area contributed by atoms with Gasteiger partial charge in [-0.15, -0.1) is 0 Å². The molecule has 0 aliphatic rings. The minimum atomic E-state index is -0.327. The summed E-state index contributed by atoms with van der Waals surface area (Å²) in [6.07, 6.45) is 1.47. The van der Waals surface area contributed by atoms with Crippen LogP contribution in [0.3, 0.4) is 0 Å². The van der Waals surface area contributed by atoms with E-state index in [0.717, 1.165) is 0 Å². The van der Waals surface area contributed by atoms with Crippen molar-refractivity contribution in [2.24, 2.45) is 5.73 Å². The van der Waals surface area contributed by atoms with Gasteiger partial charge < -0.3 is 10.2 Å². The van der Waals surface area contributed by atoms with Crippen molar-refractivity contribution in [3.63, 3.8) is 0 Å². The topological polar surface area (TPSA) is 52.0 Å². The van der Waals surface area contributed by atoms with E-state index in [4.69, 9.17) is 10.2 Å². The normalized spacial score (nSPS) is 10.4. The van der Waals surface area contributed by atoms with E-state index in [0.29, 0.717) is 17.2 Å². The molecule has 3 nitrogen and oxygen atoms in total. The average molecular weight is 192 g/mol. The molecule has 0 fully saturated rings. The number of halogens is 1.